The molecule has 1 aromatic carbocycles. The topological polar surface area (TPSA) is 74.0 Å². The van der Waals surface area contributed by atoms with E-state index in [1.54, 1.807) is 0 Å². The number of amides is 1. The van der Waals surface area contributed by atoms with E-state index in [1.165, 1.54) is 5.56 Å². The lowest BCUT2D eigenvalue weighted by Crippen LogP contribution is -2.36. The number of benzene rings is 1. The Morgan fingerprint density at radius 2 is 2.33 bits per heavy atom. The number of hydrogen-bond donors (Lipinski definition) is 2. The molecule has 27 heavy (non-hydrogen) atoms. The molecule has 0 bridgehead atoms. The van der Waals surface area contributed by atoms with Gasteiger partial charge in [-0.25, -0.2) is 0 Å². The SMILES string of the molecule is CCc1cccc2[nH]c(C(=O)N3CCc4[nH]nc(C5CCCO5)c4C3)cc12. The summed E-state index contributed by atoms with van der Waals surface area (Å²) in [4.78, 5) is 18.4. The molecule has 0 radical (unpaired) electrons. The number of hydrogen-bond acceptors (Lipinski definition) is 3. The van der Waals surface area contributed by atoms with Crippen LogP contribution in [0.25, 0.3) is 10.9 Å². The molecular weight excluding hydrogens is 340 g/mol. The maximum atomic E-state index is 13.2. The van der Waals surface area contributed by atoms with Crippen molar-refractivity contribution in [1.82, 2.24) is 20.1 Å². The van der Waals surface area contributed by atoms with Gasteiger partial charge in [0.15, 0.2) is 0 Å². The summed E-state index contributed by atoms with van der Waals surface area (Å²) in [6.45, 7) is 4.23. The Morgan fingerprint density at radius 1 is 1.41 bits per heavy atom. The Hall–Kier alpha value is -2.60. The predicted molar refractivity (Wildman–Crippen MR) is 103 cm³/mol. The number of aryl methyl sites for hydroxylation is 1. The molecule has 1 unspecified atom stereocenters. The number of carbonyl (C=O) groups excluding carboxylic acids is 1. The van der Waals surface area contributed by atoms with E-state index < -0.39 is 0 Å². The van der Waals surface area contributed by atoms with Crippen molar-refractivity contribution in [2.24, 2.45) is 0 Å². The van der Waals surface area contributed by atoms with E-state index in [1.807, 2.05) is 23.1 Å². The first-order chi connectivity index (χ1) is 13.2. The zero-order chi connectivity index (χ0) is 18.4. The van der Waals surface area contributed by atoms with Crippen molar-refractivity contribution in [3.63, 3.8) is 0 Å². The normalized spacial score (nSPS) is 19.6. The van der Waals surface area contributed by atoms with Gasteiger partial charge in [0.25, 0.3) is 5.91 Å². The van der Waals surface area contributed by atoms with Crippen molar-refractivity contribution < 1.29 is 9.53 Å². The van der Waals surface area contributed by atoms with Crippen LogP contribution in [0.1, 0.15) is 58.9 Å². The summed E-state index contributed by atoms with van der Waals surface area (Å²) in [5.74, 6) is 0.0541. The molecule has 2 aromatic heterocycles. The van der Waals surface area contributed by atoms with Gasteiger partial charge in [-0.3, -0.25) is 9.89 Å². The number of H-pyrrole nitrogens is 2. The zero-order valence-corrected chi connectivity index (χ0v) is 15.5. The number of nitrogens with zero attached hydrogens (tertiary/aromatic N) is 2. The van der Waals surface area contributed by atoms with Crippen molar-refractivity contribution >= 4 is 16.8 Å². The van der Waals surface area contributed by atoms with Crippen molar-refractivity contribution in [3.05, 3.63) is 52.5 Å². The van der Waals surface area contributed by atoms with Crippen LogP contribution in [-0.2, 0) is 24.1 Å². The maximum Gasteiger partial charge on any atom is 0.270 e. The van der Waals surface area contributed by atoms with E-state index >= 15 is 0 Å². The Labute approximate surface area is 157 Å². The molecule has 2 aliphatic heterocycles. The van der Waals surface area contributed by atoms with Gasteiger partial charge in [-0.05, 0) is 37.0 Å². The highest BCUT2D eigenvalue weighted by Crippen LogP contribution is 2.33. The number of carbonyl (C=O) groups is 1. The summed E-state index contributed by atoms with van der Waals surface area (Å²) in [6, 6.07) is 8.20. The second-order valence-electron chi connectivity index (χ2n) is 7.46. The molecule has 0 spiro atoms. The molecule has 0 aliphatic carbocycles. The predicted octanol–water partition coefficient (Wildman–Crippen LogP) is 3.50. The van der Waals surface area contributed by atoms with Gasteiger partial charge in [-0.15, -0.1) is 0 Å². The van der Waals surface area contributed by atoms with Crippen LogP contribution in [0.4, 0.5) is 0 Å². The molecule has 0 saturated carbocycles. The number of ether oxygens (including phenoxy) is 1. The zero-order valence-electron chi connectivity index (χ0n) is 15.5. The smallest absolute Gasteiger partial charge is 0.270 e. The molecule has 3 aromatic rings. The van der Waals surface area contributed by atoms with E-state index in [0.717, 1.165) is 60.1 Å². The second kappa shape index (κ2) is 6.53. The fourth-order valence-corrected chi connectivity index (χ4v) is 4.36. The van der Waals surface area contributed by atoms with Crippen LogP contribution in [0.2, 0.25) is 0 Å². The van der Waals surface area contributed by atoms with Crippen molar-refractivity contribution in [2.75, 3.05) is 13.2 Å². The highest BCUT2D eigenvalue weighted by atomic mass is 16.5. The molecule has 6 heteroatoms. The van der Waals surface area contributed by atoms with Crippen LogP contribution in [0.5, 0.6) is 0 Å². The van der Waals surface area contributed by atoms with Gasteiger partial charge in [0, 0.05) is 48.3 Å². The first-order valence-electron chi connectivity index (χ1n) is 9.82. The monoisotopic (exact) mass is 364 g/mol. The van der Waals surface area contributed by atoms with E-state index in [9.17, 15) is 4.79 Å². The minimum absolute atomic E-state index is 0.0541. The Morgan fingerprint density at radius 3 is 3.15 bits per heavy atom. The summed E-state index contributed by atoms with van der Waals surface area (Å²) in [7, 11) is 0. The maximum absolute atomic E-state index is 13.2. The fourth-order valence-electron chi connectivity index (χ4n) is 4.36. The number of fused-ring (bicyclic) bond motifs is 2. The number of rotatable bonds is 3. The van der Waals surface area contributed by atoms with Crippen LogP contribution in [0.3, 0.4) is 0 Å². The lowest BCUT2D eigenvalue weighted by atomic mass is 10.0. The van der Waals surface area contributed by atoms with E-state index in [0.29, 0.717) is 18.8 Å². The van der Waals surface area contributed by atoms with Gasteiger partial charge >= 0.3 is 0 Å². The van der Waals surface area contributed by atoms with E-state index in [4.69, 9.17) is 4.74 Å². The fraction of sp³-hybridized carbons (Fsp3) is 0.429. The van der Waals surface area contributed by atoms with Gasteiger partial charge in [0.2, 0.25) is 0 Å². The van der Waals surface area contributed by atoms with Gasteiger partial charge in [0.05, 0.1) is 5.69 Å². The molecule has 5 rings (SSSR count). The summed E-state index contributed by atoms with van der Waals surface area (Å²) in [6.07, 6.45) is 3.91. The van der Waals surface area contributed by atoms with Crippen LogP contribution in [0.15, 0.2) is 24.3 Å². The van der Waals surface area contributed by atoms with Gasteiger partial charge in [0.1, 0.15) is 11.8 Å². The van der Waals surface area contributed by atoms with E-state index in [2.05, 4.69) is 28.2 Å². The third-order valence-electron chi connectivity index (χ3n) is 5.85. The van der Waals surface area contributed by atoms with Crippen molar-refractivity contribution in [3.8, 4) is 0 Å². The van der Waals surface area contributed by atoms with Gasteiger partial charge in [-0.2, -0.15) is 5.10 Å². The highest BCUT2D eigenvalue weighted by Gasteiger charge is 2.31. The quantitative estimate of drug-likeness (QED) is 0.747. The Kier molecular flexibility index (Phi) is 4.01. The lowest BCUT2D eigenvalue weighted by Gasteiger charge is -2.27. The van der Waals surface area contributed by atoms with E-state index in [-0.39, 0.29) is 12.0 Å². The van der Waals surface area contributed by atoms with Crippen LogP contribution in [0, 0.1) is 0 Å². The molecule has 4 heterocycles. The largest absolute Gasteiger partial charge is 0.372 e. The molecule has 1 amide bonds. The summed E-state index contributed by atoms with van der Waals surface area (Å²) >= 11 is 0. The van der Waals surface area contributed by atoms with Crippen LogP contribution < -0.4 is 0 Å². The minimum Gasteiger partial charge on any atom is -0.372 e. The molecular formula is C21H24N4O2. The average molecular weight is 364 g/mol. The van der Waals surface area contributed by atoms with Crippen LogP contribution in [-0.4, -0.2) is 39.1 Å². The van der Waals surface area contributed by atoms with Crippen LogP contribution >= 0.6 is 0 Å². The highest BCUT2D eigenvalue weighted by molar-refractivity contribution is 5.99. The molecule has 1 saturated heterocycles. The third-order valence-corrected chi connectivity index (χ3v) is 5.85. The average Bonchev–Trinajstić information content (AvgIpc) is 3.44. The second-order valence-corrected chi connectivity index (χ2v) is 7.46. The molecule has 1 atom stereocenters. The minimum atomic E-state index is 0.0541. The Bertz CT molecular complexity index is 997. The standard InChI is InChI=1S/C21H24N4O2/c1-2-13-5-3-6-16-14(13)11-18(22-16)21(26)25-9-8-17-15(12-25)20(24-23-17)19-7-4-10-27-19/h3,5-6,11,19,22H,2,4,7-10,12H2,1H3,(H,23,24). The number of nitrogens with one attached hydrogen (secondary N) is 2. The first-order valence-corrected chi connectivity index (χ1v) is 9.82. The Balaban J connectivity index is 1.43. The number of aromatic amines is 2. The third kappa shape index (κ3) is 2.75. The molecule has 140 valence electrons. The molecule has 6 nitrogen and oxygen atoms in total. The molecule has 2 N–H and O–H groups in total. The summed E-state index contributed by atoms with van der Waals surface area (Å²) < 4.78 is 5.82. The summed E-state index contributed by atoms with van der Waals surface area (Å²) in [5, 5.41) is 8.81. The first kappa shape index (κ1) is 16.6. The van der Waals surface area contributed by atoms with Gasteiger partial charge in [-0.1, -0.05) is 19.1 Å². The van der Waals surface area contributed by atoms with Crippen molar-refractivity contribution in [2.45, 2.75) is 45.3 Å². The van der Waals surface area contributed by atoms with Gasteiger partial charge < -0.3 is 14.6 Å². The van der Waals surface area contributed by atoms with Crippen molar-refractivity contribution in [1.29, 1.82) is 0 Å². The molecule has 1 fully saturated rings. The number of aromatic nitrogens is 3. The summed E-state index contributed by atoms with van der Waals surface area (Å²) in [5.41, 5.74) is 6.24. The molecule has 2 aliphatic rings. The lowest BCUT2D eigenvalue weighted by molar-refractivity contribution is 0.0722.